The summed E-state index contributed by atoms with van der Waals surface area (Å²) in [6.45, 7) is 7.91. The highest BCUT2D eigenvalue weighted by atomic mass is 16.6. The molecule has 1 aromatic rings. The molecular formula is C15H17NO2. The third-order valence-corrected chi connectivity index (χ3v) is 2.61. The van der Waals surface area contributed by atoms with E-state index < -0.39 is 0 Å². The van der Waals surface area contributed by atoms with Crippen molar-refractivity contribution in [3.8, 4) is 0 Å². The van der Waals surface area contributed by atoms with E-state index in [-0.39, 0.29) is 11.4 Å². The van der Waals surface area contributed by atoms with Crippen LogP contribution in [0.1, 0.15) is 31.9 Å². The fraction of sp³-hybridized carbons (Fsp3) is 0.333. The van der Waals surface area contributed by atoms with Crippen LogP contribution < -0.4 is 0 Å². The van der Waals surface area contributed by atoms with Gasteiger partial charge in [-0.05, 0) is 18.6 Å². The van der Waals surface area contributed by atoms with Crippen LogP contribution in [0.5, 0.6) is 0 Å². The maximum Gasteiger partial charge on any atom is 0.363 e. The Bertz CT molecular complexity index is 548. The zero-order chi connectivity index (χ0) is 13.3. The highest BCUT2D eigenvalue weighted by Crippen LogP contribution is 2.25. The van der Waals surface area contributed by atoms with Crippen molar-refractivity contribution in [3.63, 3.8) is 0 Å². The largest absolute Gasteiger partial charge is 0.406 e. The van der Waals surface area contributed by atoms with E-state index in [1.807, 2.05) is 52.0 Å². The molecule has 0 fully saturated rings. The number of carbonyl (C=O) groups excluding carboxylic acids is 1. The van der Waals surface area contributed by atoms with Gasteiger partial charge in [0, 0.05) is 5.41 Å². The lowest BCUT2D eigenvalue weighted by Crippen LogP contribution is -2.21. The van der Waals surface area contributed by atoms with E-state index in [1.54, 1.807) is 6.08 Å². The van der Waals surface area contributed by atoms with Crippen LogP contribution in [0.3, 0.4) is 0 Å². The van der Waals surface area contributed by atoms with Gasteiger partial charge in [-0.2, -0.15) is 0 Å². The van der Waals surface area contributed by atoms with Crippen LogP contribution in [0.2, 0.25) is 0 Å². The molecule has 3 heteroatoms. The summed E-state index contributed by atoms with van der Waals surface area (Å²) in [7, 11) is 0. The van der Waals surface area contributed by atoms with Crippen LogP contribution in [0, 0.1) is 12.3 Å². The smallest absolute Gasteiger partial charge is 0.363 e. The van der Waals surface area contributed by atoms with Crippen molar-refractivity contribution in [2.75, 3.05) is 0 Å². The van der Waals surface area contributed by atoms with Crippen LogP contribution in [0.4, 0.5) is 0 Å². The zero-order valence-corrected chi connectivity index (χ0v) is 11.2. The van der Waals surface area contributed by atoms with Crippen LogP contribution >= 0.6 is 0 Å². The molecule has 0 saturated heterocycles. The molecule has 0 atom stereocenters. The van der Waals surface area contributed by atoms with Gasteiger partial charge in [-0.3, -0.25) is 0 Å². The second kappa shape index (κ2) is 4.41. The van der Waals surface area contributed by atoms with Gasteiger partial charge in [0.2, 0.25) is 5.90 Å². The lowest BCUT2D eigenvalue weighted by atomic mass is 9.97. The van der Waals surface area contributed by atoms with Gasteiger partial charge in [0.15, 0.2) is 5.70 Å². The first-order valence-electron chi connectivity index (χ1n) is 5.96. The van der Waals surface area contributed by atoms with E-state index in [1.165, 1.54) is 0 Å². The van der Waals surface area contributed by atoms with Crippen LogP contribution in [0.15, 0.2) is 35.0 Å². The Morgan fingerprint density at radius 1 is 1.28 bits per heavy atom. The SMILES string of the molecule is Cc1cccc(/C=C2/N=C(C(C)(C)C)OC2=O)c1. The molecule has 0 amide bonds. The molecule has 1 aliphatic heterocycles. The van der Waals surface area contributed by atoms with Gasteiger partial charge in [-0.15, -0.1) is 0 Å². The number of nitrogens with zero attached hydrogens (tertiary/aromatic N) is 1. The third kappa shape index (κ3) is 2.67. The van der Waals surface area contributed by atoms with Crippen molar-refractivity contribution in [2.45, 2.75) is 27.7 Å². The molecule has 0 bridgehead atoms. The van der Waals surface area contributed by atoms with Crippen molar-refractivity contribution in [1.29, 1.82) is 0 Å². The number of cyclic esters (lactones) is 1. The highest BCUT2D eigenvalue weighted by Gasteiger charge is 2.31. The predicted octanol–water partition coefficient (Wildman–Crippen LogP) is 3.34. The Morgan fingerprint density at radius 2 is 2.00 bits per heavy atom. The topological polar surface area (TPSA) is 38.7 Å². The van der Waals surface area contributed by atoms with Gasteiger partial charge < -0.3 is 4.74 Å². The van der Waals surface area contributed by atoms with Gasteiger partial charge >= 0.3 is 5.97 Å². The van der Waals surface area contributed by atoms with E-state index >= 15 is 0 Å². The van der Waals surface area contributed by atoms with Crippen molar-refractivity contribution in [2.24, 2.45) is 10.4 Å². The maximum absolute atomic E-state index is 11.7. The molecule has 1 aliphatic rings. The summed E-state index contributed by atoms with van der Waals surface area (Å²) in [5.74, 6) is 0.104. The standard InChI is InChI=1S/C15H17NO2/c1-10-6-5-7-11(8-10)9-12-13(17)18-14(16-12)15(2,3)4/h5-9H,1-4H3/b12-9+. The number of ether oxygens (including phenoxy) is 1. The van der Waals surface area contributed by atoms with Gasteiger partial charge in [0.05, 0.1) is 0 Å². The van der Waals surface area contributed by atoms with Gasteiger partial charge in [0.25, 0.3) is 0 Å². The molecule has 2 rings (SSSR count). The molecule has 0 aromatic heterocycles. The second-order valence-corrected chi connectivity index (χ2v) is 5.50. The number of carbonyl (C=O) groups is 1. The molecule has 1 heterocycles. The lowest BCUT2D eigenvalue weighted by Gasteiger charge is -2.15. The van der Waals surface area contributed by atoms with E-state index in [0.29, 0.717) is 11.6 Å². The van der Waals surface area contributed by atoms with Gasteiger partial charge in [0.1, 0.15) is 0 Å². The first-order chi connectivity index (χ1) is 8.36. The minimum absolute atomic E-state index is 0.252. The molecule has 18 heavy (non-hydrogen) atoms. The summed E-state index contributed by atoms with van der Waals surface area (Å²) >= 11 is 0. The first-order valence-corrected chi connectivity index (χ1v) is 5.96. The summed E-state index contributed by atoms with van der Waals surface area (Å²) in [6, 6.07) is 7.91. The molecule has 0 aliphatic carbocycles. The molecule has 1 aromatic carbocycles. The number of aryl methyl sites for hydroxylation is 1. The number of rotatable bonds is 1. The molecule has 0 N–H and O–H groups in total. The van der Waals surface area contributed by atoms with Crippen molar-refractivity contribution >= 4 is 17.9 Å². The second-order valence-electron chi connectivity index (χ2n) is 5.50. The van der Waals surface area contributed by atoms with E-state index in [9.17, 15) is 4.79 Å². The summed E-state index contributed by atoms with van der Waals surface area (Å²) in [5.41, 5.74) is 2.22. The average Bonchev–Trinajstić information content (AvgIpc) is 2.60. The minimum Gasteiger partial charge on any atom is -0.406 e. The predicted molar refractivity (Wildman–Crippen MR) is 72.1 cm³/mol. The number of hydrogen-bond donors (Lipinski definition) is 0. The quantitative estimate of drug-likeness (QED) is 0.560. The summed E-state index contributed by atoms with van der Waals surface area (Å²) in [5, 5.41) is 0. The van der Waals surface area contributed by atoms with Crippen molar-refractivity contribution < 1.29 is 9.53 Å². The molecule has 94 valence electrons. The molecule has 3 nitrogen and oxygen atoms in total. The molecule has 0 saturated carbocycles. The Hall–Kier alpha value is -1.90. The fourth-order valence-electron chi connectivity index (χ4n) is 1.65. The third-order valence-electron chi connectivity index (χ3n) is 2.61. The van der Waals surface area contributed by atoms with E-state index in [4.69, 9.17) is 4.74 Å². The first kappa shape index (κ1) is 12.6. The maximum atomic E-state index is 11.7. The van der Waals surface area contributed by atoms with E-state index in [0.717, 1.165) is 11.1 Å². The highest BCUT2D eigenvalue weighted by molar-refractivity contribution is 6.08. The number of aliphatic imine (C=N–C) groups is 1. The Morgan fingerprint density at radius 3 is 2.56 bits per heavy atom. The normalized spacial score (nSPS) is 17.9. The number of esters is 1. The molecule has 0 radical (unpaired) electrons. The Kier molecular flexibility index (Phi) is 3.07. The number of benzene rings is 1. The Labute approximate surface area is 107 Å². The van der Waals surface area contributed by atoms with Gasteiger partial charge in [-0.1, -0.05) is 50.6 Å². The van der Waals surface area contributed by atoms with Crippen LogP contribution in [-0.2, 0) is 9.53 Å². The van der Waals surface area contributed by atoms with Crippen LogP contribution in [0.25, 0.3) is 6.08 Å². The fourth-order valence-corrected chi connectivity index (χ4v) is 1.65. The minimum atomic E-state index is -0.374. The number of hydrogen-bond acceptors (Lipinski definition) is 3. The van der Waals surface area contributed by atoms with E-state index in [2.05, 4.69) is 4.99 Å². The molecular weight excluding hydrogens is 226 g/mol. The zero-order valence-electron chi connectivity index (χ0n) is 11.2. The van der Waals surface area contributed by atoms with Crippen molar-refractivity contribution in [3.05, 3.63) is 41.1 Å². The summed E-state index contributed by atoms with van der Waals surface area (Å²) in [4.78, 5) is 16.0. The van der Waals surface area contributed by atoms with Gasteiger partial charge in [-0.25, -0.2) is 9.79 Å². The molecule has 0 unspecified atom stereocenters. The Balaban J connectivity index is 2.34. The van der Waals surface area contributed by atoms with Crippen molar-refractivity contribution in [1.82, 2.24) is 0 Å². The van der Waals surface area contributed by atoms with Crippen LogP contribution in [-0.4, -0.2) is 11.9 Å². The average molecular weight is 243 g/mol. The monoisotopic (exact) mass is 243 g/mol. The summed E-state index contributed by atoms with van der Waals surface area (Å²) < 4.78 is 5.18. The molecule has 0 spiro atoms. The lowest BCUT2D eigenvalue weighted by molar-refractivity contribution is -0.130. The summed E-state index contributed by atoms with van der Waals surface area (Å²) in [6.07, 6.45) is 1.76.